The number of benzene rings is 4. The summed E-state index contributed by atoms with van der Waals surface area (Å²) in [7, 11) is -0.431. The van der Waals surface area contributed by atoms with Crippen molar-refractivity contribution in [2.45, 2.75) is 71.2 Å². The van der Waals surface area contributed by atoms with Crippen LogP contribution in [0.1, 0.15) is 57.8 Å². The molecule has 0 aliphatic heterocycles. The van der Waals surface area contributed by atoms with Gasteiger partial charge in [0.25, 0.3) is 0 Å². The predicted octanol–water partition coefficient (Wildman–Crippen LogP) is 10.0. The van der Waals surface area contributed by atoms with E-state index in [0.717, 1.165) is 70.5 Å². The molecule has 5 aromatic rings. The van der Waals surface area contributed by atoms with Gasteiger partial charge in [-0.1, -0.05) is 82.6 Å². The molecule has 0 spiro atoms. The minimum Gasteiger partial charge on any atom is -0.496 e. The van der Waals surface area contributed by atoms with E-state index in [-0.39, 0.29) is 16.7 Å². The van der Waals surface area contributed by atoms with Crippen LogP contribution in [0.2, 0.25) is 18.1 Å². The minimum atomic E-state index is -2.14. The van der Waals surface area contributed by atoms with E-state index in [2.05, 4.69) is 105 Å². The highest BCUT2D eigenvalue weighted by atomic mass is 28.4. The number of aromatic nitrogens is 1. The Labute approximate surface area is 298 Å². The number of hydrogen-bond donors (Lipinski definition) is 3. The van der Waals surface area contributed by atoms with Gasteiger partial charge in [0.05, 0.1) is 25.3 Å². The van der Waals surface area contributed by atoms with Gasteiger partial charge in [-0.15, -0.1) is 0 Å². The molecule has 0 unspecified atom stereocenters. The third-order valence-electron chi connectivity index (χ3n) is 9.68. The standard InChI is InChI=1S/C42H53N3O4Si/c1-8-9-27-48-38-23-20-34(35-21-24-40(46)45-41(35)38)39(49-50(6,7)42(2,3)4)29-43-26-25-30-15-17-32(18-16-30)44-33-19-22-37(47-5)36(28-33)31-13-11-10-12-14-31/h10-24,28,39,43-44H,8-9,25-27,29H2,1-7H3,(H,45,46)/t39-/m0/s1. The summed E-state index contributed by atoms with van der Waals surface area (Å²) in [5.41, 5.74) is 7.09. The molecule has 0 radical (unpaired) electrons. The maximum atomic E-state index is 12.4. The summed E-state index contributed by atoms with van der Waals surface area (Å²) < 4.78 is 18.8. The number of H-pyrrole nitrogens is 1. The van der Waals surface area contributed by atoms with Crippen LogP contribution < -0.4 is 25.7 Å². The van der Waals surface area contributed by atoms with Gasteiger partial charge in [-0.3, -0.25) is 4.79 Å². The number of nitrogens with one attached hydrogen (secondary N) is 3. The second-order valence-electron chi connectivity index (χ2n) is 14.4. The third kappa shape index (κ3) is 9.24. The predicted molar refractivity (Wildman–Crippen MR) is 211 cm³/mol. The van der Waals surface area contributed by atoms with Crippen LogP contribution in [0.15, 0.2) is 102 Å². The molecule has 0 saturated heterocycles. The first kappa shape index (κ1) is 36.9. The summed E-state index contributed by atoms with van der Waals surface area (Å²) in [6.45, 7) is 15.6. The Morgan fingerprint density at radius 1 is 0.860 bits per heavy atom. The highest BCUT2D eigenvalue weighted by Crippen LogP contribution is 2.41. The lowest BCUT2D eigenvalue weighted by Crippen LogP contribution is -2.43. The molecule has 1 aromatic heterocycles. The Hall–Kier alpha value is -4.37. The number of methoxy groups -OCH3 is 1. The molecule has 264 valence electrons. The number of pyridine rings is 1. The lowest BCUT2D eigenvalue weighted by Gasteiger charge is -2.39. The van der Waals surface area contributed by atoms with Crippen molar-refractivity contribution in [2.75, 3.05) is 32.1 Å². The maximum Gasteiger partial charge on any atom is 0.248 e. The van der Waals surface area contributed by atoms with Crippen molar-refractivity contribution in [3.63, 3.8) is 0 Å². The maximum absolute atomic E-state index is 12.4. The van der Waals surface area contributed by atoms with Crippen LogP contribution in [0, 0.1) is 0 Å². The molecule has 0 bridgehead atoms. The van der Waals surface area contributed by atoms with E-state index in [9.17, 15) is 4.79 Å². The molecule has 7 nitrogen and oxygen atoms in total. The van der Waals surface area contributed by atoms with Gasteiger partial charge in [-0.05, 0) is 96.7 Å². The van der Waals surface area contributed by atoms with Crippen LogP contribution in [-0.2, 0) is 10.8 Å². The molecule has 4 aromatic carbocycles. The van der Waals surface area contributed by atoms with Crippen molar-refractivity contribution < 1.29 is 13.9 Å². The first-order valence-corrected chi connectivity index (χ1v) is 20.7. The molecule has 0 fully saturated rings. The number of aromatic amines is 1. The van der Waals surface area contributed by atoms with E-state index in [1.807, 2.05) is 42.5 Å². The minimum absolute atomic E-state index is 0.0449. The van der Waals surface area contributed by atoms with Crippen LogP contribution in [-0.4, -0.2) is 40.1 Å². The van der Waals surface area contributed by atoms with Gasteiger partial charge < -0.3 is 29.5 Å². The number of anilines is 2. The Morgan fingerprint density at radius 2 is 1.58 bits per heavy atom. The summed E-state index contributed by atoms with van der Waals surface area (Å²) in [5.74, 6) is 1.55. The van der Waals surface area contributed by atoms with Crippen LogP contribution in [0.3, 0.4) is 0 Å². The van der Waals surface area contributed by atoms with Crippen LogP contribution >= 0.6 is 0 Å². The fraction of sp³-hybridized carbons (Fsp3) is 0.357. The van der Waals surface area contributed by atoms with E-state index in [1.54, 1.807) is 13.2 Å². The van der Waals surface area contributed by atoms with E-state index in [0.29, 0.717) is 18.9 Å². The van der Waals surface area contributed by atoms with E-state index in [4.69, 9.17) is 13.9 Å². The Morgan fingerprint density at radius 3 is 2.28 bits per heavy atom. The lowest BCUT2D eigenvalue weighted by molar-refractivity contribution is 0.182. The normalized spacial score (nSPS) is 12.5. The molecular weight excluding hydrogens is 639 g/mol. The highest BCUT2D eigenvalue weighted by molar-refractivity contribution is 6.74. The molecular formula is C42H53N3O4Si. The van der Waals surface area contributed by atoms with Gasteiger partial charge >= 0.3 is 0 Å². The quantitative estimate of drug-likeness (QED) is 0.0706. The molecule has 3 N–H and O–H groups in total. The number of unbranched alkanes of at least 4 members (excludes halogenated alkanes) is 1. The zero-order chi connectivity index (χ0) is 35.7. The van der Waals surface area contributed by atoms with Gasteiger partial charge in [0.2, 0.25) is 5.56 Å². The summed E-state index contributed by atoms with van der Waals surface area (Å²) in [6.07, 6.45) is 2.69. The molecule has 8 heteroatoms. The van der Waals surface area contributed by atoms with Gasteiger partial charge in [0.1, 0.15) is 11.5 Å². The number of fused-ring (bicyclic) bond motifs is 1. The first-order valence-electron chi connectivity index (χ1n) is 17.8. The molecule has 1 atom stereocenters. The van der Waals surface area contributed by atoms with Crippen LogP contribution in [0.25, 0.3) is 22.0 Å². The fourth-order valence-corrected chi connectivity index (χ4v) is 7.01. The number of ether oxygens (including phenoxy) is 2. The average molecular weight is 692 g/mol. The van der Waals surface area contributed by atoms with Crippen molar-refractivity contribution in [2.24, 2.45) is 0 Å². The van der Waals surface area contributed by atoms with Crippen LogP contribution in [0.4, 0.5) is 11.4 Å². The summed E-state index contributed by atoms with van der Waals surface area (Å²) >= 11 is 0. The number of rotatable bonds is 16. The van der Waals surface area contributed by atoms with Gasteiger partial charge in [0.15, 0.2) is 8.32 Å². The second kappa shape index (κ2) is 16.6. The van der Waals surface area contributed by atoms with E-state index >= 15 is 0 Å². The molecule has 0 amide bonds. The zero-order valence-corrected chi connectivity index (χ0v) is 31.7. The molecule has 0 aliphatic carbocycles. The Kier molecular flexibility index (Phi) is 12.2. The fourth-order valence-electron chi connectivity index (χ4n) is 5.74. The second-order valence-corrected chi connectivity index (χ2v) is 19.1. The zero-order valence-electron chi connectivity index (χ0n) is 30.7. The molecule has 5 rings (SSSR count). The first-order chi connectivity index (χ1) is 24.0. The number of hydrogen-bond acceptors (Lipinski definition) is 6. The highest BCUT2D eigenvalue weighted by Gasteiger charge is 2.39. The topological polar surface area (TPSA) is 84.6 Å². The van der Waals surface area contributed by atoms with E-state index in [1.165, 1.54) is 5.56 Å². The Balaban J connectivity index is 1.27. The van der Waals surface area contributed by atoms with Gasteiger partial charge in [-0.25, -0.2) is 0 Å². The van der Waals surface area contributed by atoms with Gasteiger partial charge in [-0.2, -0.15) is 0 Å². The monoisotopic (exact) mass is 691 g/mol. The largest absolute Gasteiger partial charge is 0.496 e. The van der Waals surface area contributed by atoms with E-state index < -0.39 is 8.32 Å². The van der Waals surface area contributed by atoms with Crippen molar-refractivity contribution >= 4 is 30.6 Å². The smallest absolute Gasteiger partial charge is 0.248 e. The van der Waals surface area contributed by atoms with Crippen molar-refractivity contribution in [3.05, 3.63) is 119 Å². The van der Waals surface area contributed by atoms with Crippen molar-refractivity contribution in [1.29, 1.82) is 0 Å². The van der Waals surface area contributed by atoms with Crippen molar-refractivity contribution in [3.8, 4) is 22.6 Å². The lowest BCUT2D eigenvalue weighted by atomic mass is 10.0. The SMILES string of the molecule is CCCCOc1ccc([C@H](CNCCc2ccc(Nc3ccc(OC)c(-c4ccccc4)c3)cc2)O[Si](C)(C)C(C)(C)C)c2ccc(=O)[nH]c12. The van der Waals surface area contributed by atoms with Gasteiger partial charge in [0, 0.05) is 34.9 Å². The van der Waals surface area contributed by atoms with Crippen LogP contribution in [0.5, 0.6) is 11.5 Å². The Bertz CT molecular complexity index is 1900. The molecule has 0 saturated carbocycles. The molecule has 0 aliphatic rings. The summed E-state index contributed by atoms with van der Waals surface area (Å²) in [5, 5.41) is 8.24. The average Bonchev–Trinajstić information content (AvgIpc) is 3.10. The summed E-state index contributed by atoms with van der Waals surface area (Å²) in [6, 6.07) is 32.7. The van der Waals surface area contributed by atoms with Crippen molar-refractivity contribution in [1.82, 2.24) is 10.3 Å². The molecule has 1 heterocycles. The molecule has 50 heavy (non-hydrogen) atoms. The summed E-state index contributed by atoms with van der Waals surface area (Å²) in [4.78, 5) is 15.4. The third-order valence-corrected chi connectivity index (χ3v) is 14.2.